The molecular weight excluding hydrogens is 440 g/mol. The third-order valence-corrected chi connectivity index (χ3v) is 5.21. The molecule has 0 aliphatic carbocycles. The number of halogens is 1. The molecule has 4 rings (SSSR count). The Balaban J connectivity index is 1.33. The number of rotatable bonds is 8. The maximum Gasteiger partial charge on any atom is 0.316 e. The smallest absolute Gasteiger partial charge is 0.316 e. The van der Waals surface area contributed by atoms with Crippen LogP contribution in [-0.4, -0.2) is 35.0 Å². The van der Waals surface area contributed by atoms with Gasteiger partial charge in [0.1, 0.15) is 0 Å². The van der Waals surface area contributed by atoms with E-state index in [1.807, 2.05) is 60.7 Å². The van der Waals surface area contributed by atoms with Crippen molar-refractivity contribution in [2.24, 2.45) is 0 Å². The van der Waals surface area contributed by atoms with Gasteiger partial charge in [0.25, 0.3) is 0 Å². The lowest BCUT2D eigenvalue weighted by Gasteiger charge is -2.18. The van der Waals surface area contributed by atoms with Crippen molar-refractivity contribution in [3.8, 4) is 11.4 Å². The summed E-state index contributed by atoms with van der Waals surface area (Å²) in [5.41, 5.74) is 2.47. The van der Waals surface area contributed by atoms with Crippen molar-refractivity contribution in [1.82, 2.24) is 20.8 Å². The molecule has 4 aromatic rings. The summed E-state index contributed by atoms with van der Waals surface area (Å²) in [6, 6.07) is 26.0. The number of nitrogens with zero attached hydrogens (tertiary/aromatic N) is 2. The zero-order chi connectivity index (χ0) is 23.0. The number of amides is 2. The van der Waals surface area contributed by atoms with Crippen LogP contribution in [0.2, 0.25) is 5.02 Å². The Morgan fingerprint density at radius 1 is 0.818 bits per heavy atom. The Bertz CT molecular complexity index is 1170. The van der Waals surface area contributed by atoms with Crippen LogP contribution in [0.4, 0.5) is 0 Å². The van der Waals surface area contributed by atoms with Crippen LogP contribution in [0.15, 0.2) is 89.5 Å². The van der Waals surface area contributed by atoms with E-state index in [0.717, 1.165) is 11.1 Å². The molecule has 0 unspecified atom stereocenters. The first kappa shape index (κ1) is 22.2. The fourth-order valence-electron chi connectivity index (χ4n) is 3.36. The quantitative estimate of drug-likeness (QED) is 0.386. The van der Waals surface area contributed by atoms with Gasteiger partial charge in [0.15, 0.2) is 0 Å². The zero-order valence-corrected chi connectivity index (χ0v) is 18.3. The van der Waals surface area contributed by atoms with Crippen molar-refractivity contribution in [1.29, 1.82) is 0 Å². The lowest BCUT2D eigenvalue weighted by molar-refractivity contribution is -0.121. The summed E-state index contributed by atoms with van der Waals surface area (Å²) in [4.78, 5) is 29.4. The number of aromatic nitrogens is 2. The third-order valence-electron chi connectivity index (χ3n) is 4.96. The highest BCUT2D eigenvalue weighted by Crippen LogP contribution is 2.24. The average molecular weight is 461 g/mol. The van der Waals surface area contributed by atoms with Crippen molar-refractivity contribution in [2.75, 3.05) is 13.1 Å². The minimum absolute atomic E-state index is 0.149. The molecule has 0 bridgehead atoms. The molecule has 7 nitrogen and oxygen atoms in total. The lowest BCUT2D eigenvalue weighted by Crippen LogP contribution is -2.37. The maximum absolute atomic E-state index is 13.0. The van der Waals surface area contributed by atoms with Gasteiger partial charge in [0.05, 0.1) is 5.92 Å². The van der Waals surface area contributed by atoms with E-state index >= 15 is 0 Å². The molecule has 0 saturated heterocycles. The molecule has 2 amide bonds. The molecule has 0 atom stereocenters. The van der Waals surface area contributed by atoms with Crippen LogP contribution < -0.4 is 10.6 Å². The van der Waals surface area contributed by atoms with E-state index in [4.69, 9.17) is 16.1 Å². The van der Waals surface area contributed by atoms with Crippen LogP contribution in [0.5, 0.6) is 0 Å². The largest absolute Gasteiger partial charge is 0.354 e. The topological polar surface area (TPSA) is 97.1 Å². The fraction of sp³-hybridized carbons (Fsp3) is 0.120. The van der Waals surface area contributed by atoms with Crippen LogP contribution >= 0.6 is 11.6 Å². The Labute approximate surface area is 195 Å². The molecule has 0 aliphatic rings. The Morgan fingerprint density at radius 2 is 1.39 bits per heavy atom. The van der Waals surface area contributed by atoms with Crippen LogP contribution in [0, 0.1) is 0 Å². The van der Waals surface area contributed by atoms with Crippen molar-refractivity contribution < 1.29 is 14.1 Å². The molecule has 0 spiro atoms. The van der Waals surface area contributed by atoms with Crippen LogP contribution in [-0.2, 0) is 4.79 Å². The van der Waals surface area contributed by atoms with Gasteiger partial charge < -0.3 is 15.2 Å². The van der Waals surface area contributed by atoms with Crippen LogP contribution in [0.1, 0.15) is 27.7 Å². The molecular formula is C25H21ClN4O3. The van der Waals surface area contributed by atoms with Crippen molar-refractivity contribution in [2.45, 2.75) is 5.92 Å². The molecule has 0 radical (unpaired) electrons. The fourth-order valence-corrected chi connectivity index (χ4v) is 3.48. The van der Waals surface area contributed by atoms with Crippen LogP contribution in [0.25, 0.3) is 11.4 Å². The zero-order valence-electron chi connectivity index (χ0n) is 17.6. The normalized spacial score (nSPS) is 10.7. The molecule has 33 heavy (non-hydrogen) atoms. The Kier molecular flexibility index (Phi) is 7.12. The molecule has 0 aliphatic heterocycles. The molecule has 0 saturated carbocycles. The van der Waals surface area contributed by atoms with E-state index in [2.05, 4.69) is 20.8 Å². The van der Waals surface area contributed by atoms with Crippen molar-refractivity contribution >= 4 is 23.4 Å². The highest BCUT2D eigenvalue weighted by atomic mass is 35.5. The van der Waals surface area contributed by atoms with Crippen LogP contribution in [0.3, 0.4) is 0 Å². The molecule has 1 heterocycles. The molecule has 2 N–H and O–H groups in total. The second-order valence-electron chi connectivity index (χ2n) is 7.23. The predicted molar refractivity (Wildman–Crippen MR) is 125 cm³/mol. The van der Waals surface area contributed by atoms with E-state index < -0.39 is 11.8 Å². The molecule has 1 aromatic heterocycles. The SMILES string of the molecule is O=C(NCCNC(=O)C(c1ccccc1)c1ccccc1)c1nc(-c2ccc(Cl)cc2)no1. The average Bonchev–Trinajstić information content (AvgIpc) is 3.34. The number of hydrogen-bond donors (Lipinski definition) is 2. The number of hydrogen-bond acceptors (Lipinski definition) is 5. The molecule has 166 valence electrons. The minimum atomic E-state index is -0.514. The number of carbonyl (C=O) groups excluding carboxylic acids is 2. The lowest BCUT2D eigenvalue weighted by atomic mass is 9.90. The Morgan fingerprint density at radius 3 is 2.00 bits per heavy atom. The van der Waals surface area contributed by atoms with E-state index in [9.17, 15) is 9.59 Å². The van der Waals surface area contributed by atoms with Gasteiger partial charge in [-0.3, -0.25) is 9.59 Å². The second-order valence-corrected chi connectivity index (χ2v) is 7.67. The van der Waals surface area contributed by atoms with Crippen molar-refractivity contribution in [3.63, 3.8) is 0 Å². The minimum Gasteiger partial charge on any atom is -0.354 e. The maximum atomic E-state index is 13.0. The van der Waals surface area contributed by atoms with E-state index in [1.54, 1.807) is 24.3 Å². The summed E-state index contributed by atoms with van der Waals surface area (Å²) >= 11 is 5.88. The molecule has 0 fully saturated rings. The summed E-state index contributed by atoms with van der Waals surface area (Å²) in [5, 5.41) is 9.98. The summed E-state index contributed by atoms with van der Waals surface area (Å²) in [6.07, 6.45) is 0. The van der Waals surface area contributed by atoms with E-state index in [1.165, 1.54) is 0 Å². The first-order valence-corrected chi connectivity index (χ1v) is 10.7. The molecule has 3 aromatic carbocycles. The molecule has 8 heteroatoms. The number of carbonyl (C=O) groups is 2. The van der Waals surface area contributed by atoms with Gasteiger partial charge in [-0.2, -0.15) is 4.98 Å². The summed E-state index contributed by atoms with van der Waals surface area (Å²) in [5.74, 6) is -0.971. The highest BCUT2D eigenvalue weighted by Gasteiger charge is 2.22. The van der Waals surface area contributed by atoms with Gasteiger partial charge in [-0.05, 0) is 35.4 Å². The number of benzene rings is 3. The van der Waals surface area contributed by atoms with Gasteiger partial charge in [0, 0.05) is 23.7 Å². The van der Waals surface area contributed by atoms with E-state index in [-0.39, 0.29) is 24.9 Å². The predicted octanol–water partition coefficient (Wildman–Crippen LogP) is 4.07. The van der Waals surface area contributed by atoms with Gasteiger partial charge in [0.2, 0.25) is 11.7 Å². The standard InChI is InChI=1S/C25H21ClN4O3/c26-20-13-11-19(12-14-20)22-29-25(33-30-22)24(32)28-16-15-27-23(31)21(17-7-3-1-4-8-17)18-9-5-2-6-10-18/h1-14,21H,15-16H2,(H,27,31)(H,28,32). The van der Waals surface area contributed by atoms with E-state index in [0.29, 0.717) is 16.4 Å². The number of nitrogens with one attached hydrogen (secondary N) is 2. The van der Waals surface area contributed by atoms with Gasteiger partial charge in [-0.15, -0.1) is 0 Å². The first-order chi connectivity index (χ1) is 16.1. The van der Waals surface area contributed by atoms with Gasteiger partial charge in [-0.1, -0.05) is 77.4 Å². The van der Waals surface area contributed by atoms with Crippen molar-refractivity contribution in [3.05, 3.63) is 107 Å². The second kappa shape index (κ2) is 10.6. The summed E-state index contributed by atoms with van der Waals surface area (Å²) in [7, 11) is 0. The van der Waals surface area contributed by atoms with Gasteiger partial charge in [-0.25, -0.2) is 0 Å². The summed E-state index contributed by atoms with van der Waals surface area (Å²) < 4.78 is 5.05. The Hall–Kier alpha value is -3.97. The summed E-state index contributed by atoms with van der Waals surface area (Å²) in [6.45, 7) is 0.457. The third kappa shape index (κ3) is 5.64. The highest BCUT2D eigenvalue weighted by molar-refractivity contribution is 6.30. The van der Waals surface area contributed by atoms with Gasteiger partial charge >= 0.3 is 11.8 Å². The first-order valence-electron chi connectivity index (χ1n) is 10.4. The monoisotopic (exact) mass is 460 g/mol.